The van der Waals surface area contributed by atoms with Gasteiger partial charge >= 0.3 is 0 Å². The maximum absolute atomic E-state index is 13.3. The van der Waals surface area contributed by atoms with Crippen LogP contribution in [0, 0.1) is 11.3 Å². The van der Waals surface area contributed by atoms with Crippen LogP contribution in [0.5, 0.6) is 0 Å². The Bertz CT molecular complexity index is 1480. The standard InChI is InChI=1S/C29H25N3O3/c1-2-20-7-9-21(10-8-20)15-16-31-28(34)25-18-24-5-3-4-6-26(24)32(29(25)35)27(33)17-22-11-13-23(19-30)14-12-22/h3-14,18H,2,15-17H2,1H3,(H,31,34). The summed E-state index contributed by atoms with van der Waals surface area (Å²) in [6, 6.07) is 25.4. The van der Waals surface area contributed by atoms with Gasteiger partial charge in [0.25, 0.3) is 11.5 Å². The lowest BCUT2D eigenvalue weighted by Gasteiger charge is -2.12. The summed E-state index contributed by atoms with van der Waals surface area (Å²) in [6.45, 7) is 2.47. The molecule has 6 heteroatoms. The zero-order valence-electron chi connectivity index (χ0n) is 19.5. The molecule has 0 saturated heterocycles. The van der Waals surface area contributed by atoms with Crippen molar-refractivity contribution in [2.75, 3.05) is 6.54 Å². The van der Waals surface area contributed by atoms with Crippen LogP contribution in [-0.4, -0.2) is 22.9 Å². The fourth-order valence-electron chi connectivity index (χ4n) is 3.98. The van der Waals surface area contributed by atoms with Gasteiger partial charge in [-0.2, -0.15) is 5.26 Å². The van der Waals surface area contributed by atoms with Crippen molar-refractivity contribution in [3.05, 3.63) is 117 Å². The highest BCUT2D eigenvalue weighted by Gasteiger charge is 2.19. The number of benzene rings is 3. The topological polar surface area (TPSA) is 92.0 Å². The number of carbonyl (C=O) groups is 2. The highest BCUT2D eigenvalue weighted by atomic mass is 16.2. The first-order chi connectivity index (χ1) is 17.0. The number of fused-ring (bicyclic) bond motifs is 1. The summed E-state index contributed by atoms with van der Waals surface area (Å²) in [4.78, 5) is 39.4. The molecule has 4 rings (SSSR count). The molecular weight excluding hydrogens is 438 g/mol. The van der Waals surface area contributed by atoms with Gasteiger partial charge in [-0.3, -0.25) is 14.4 Å². The normalized spacial score (nSPS) is 10.6. The second-order valence-electron chi connectivity index (χ2n) is 8.31. The number of aromatic nitrogens is 1. The van der Waals surface area contributed by atoms with Crippen LogP contribution in [-0.2, 0) is 19.3 Å². The minimum Gasteiger partial charge on any atom is -0.352 e. The van der Waals surface area contributed by atoms with Crippen molar-refractivity contribution in [3.63, 3.8) is 0 Å². The second-order valence-corrected chi connectivity index (χ2v) is 8.31. The summed E-state index contributed by atoms with van der Waals surface area (Å²) in [5, 5.41) is 12.4. The van der Waals surface area contributed by atoms with Gasteiger partial charge in [-0.15, -0.1) is 0 Å². The first-order valence-electron chi connectivity index (χ1n) is 11.5. The van der Waals surface area contributed by atoms with Crippen molar-refractivity contribution in [1.82, 2.24) is 9.88 Å². The smallest absolute Gasteiger partial charge is 0.270 e. The first kappa shape index (κ1) is 23.7. The fraction of sp³-hybridized carbons (Fsp3) is 0.172. The van der Waals surface area contributed by atoms with E-state index in [0.717, 1.165) is 16.6 Å². The van der Waals surface area contributed by atoms with Gasteiger partial charge in [-0.05, 0) is 59.2 Å². The predicted octanol–water partition coefficient (Wildman–Crippen LogP) is 4.29. The summed E-state index contributed by atoms with van der Waals surface area (Å²) in [7, 11) is 0. The van der Waals surface area contributed by atoms with Crippen molar-refractivity contribution in [1.29, 1.82) is 5.26 Å². The lowest BCUT2D eigenvalue weighted by Crippen LogP contribution is -2.36. The van der Waals surface area contributed by atoms with E-state index in [-0.39, 0.29) is 12.0 Å². The molecule has 1 amide bonds. The SMILES string of the molecule is CCc1ccc(CCNC(=O)c2cc3ccccc3n(C(=O)Cc3ccc(C#N)cc3)c2=O)cc1. The molecule has 0 spiro atoms. The van der Waals surface area contributed by atoms with E-state index in [9.17, 15) is 14.4 Å². The average molecular weight is 464 g/mol. The lowest BCUT2D eigenvalue weighted by atomic mass is 10.1. The third-order valence-electron chi connectivity index (χ3n) is 5.97. The largest absolute Gasteiger partial charge is 0.352 e. The number of carbonyl (C=O) groups excluding carboxylic acids is 2. The molecule has 0 radical (unpaired) electrons. The van der Waals surface area contributed by atoms with E-state index < -0.39 is 17.4 Å². The summed E-state index contributed by atoms with van der Waals surface area (Å²) in [6.07, 6.45) is 1.57. The molecule has 4 aromatic rings. The van der Waals surface area contributed by atoms with Gasteiger partial charge in [0.1, 0.15) is 5.56 Å². The number of rotatable bonds is 7. The van der Waals surface area contributed by atoms with Crippen LogP contribution in [0.15, 0.2) is 83.7 Å². The number of aryl methyl sites for hydroxylation is 1. The average Bonchev–Trinajstić information content (AvgIpc) is 2.89. The molecule has 0 fully saturated rings. The Balaban J connectivity index is 1.57. The van der Waals surface area contributed by atoms with E-state index in [4.69, 9.17) is 5.26 Å². The minimum absolute atomic E-state index is 0.0333. The molecule has 0 atom stereocenters. The molecule has 3 aromatic carbocycles. The highest BCUT2D eigenvalue weighted by molar-refractivity contribution is 6.00. The van der Waals surface area contributed by atoms with E-state index in [0.29, 0.717) is 35.0 Å². The van der Waals surface area contributed by atoms with Crippen molar-refractivity contribution in [3.8, 4) is 6.07 Å². The zero-order chi connectivity index (χ0) is 24.8. The summed E-state index contributed by atoms with van der Waals surface area (Å²) in [5.74, 6) is -0.951. The van der Waals surface area contributed by atoms with E-state index in [1.807, 2.05) is 18.2 Å². The molecule has 6 nitrogen and oxygen atoms in total. The Morgan fingerprint density at radius 1 is 0.914 bits per heavy atom. The quantitative estimate of drug-likeness (QED) is 0.443. The third-order valence-corrected chi connectivity index (χ3v) is 5.97. The monoisotopic (exact) mass is 463 g/mol. The summed E-state index contributed by atoms with van der Waals surface area (Å²) >= 11 is 0. The summed E-state index contributed by atoms with van der Waals surface area (Å²) in [5.41, 5.74) is 3.24. The number of nitrogens with zero attached hydrogens (tertiary/aromatic N) is 2. The van der Waals surface area contributed by atoms with E-state index in [2.05, 4.69) is 24.4 Å². The molecule has 0 aliphatic carbocycles. The number of hydrogen-bond acceptors (Lipinski definition) is 4. The molecule has 0 unspecified atom stereocenters. The molecule has 0 aliphatic rings. The maximum Gasteiger partial charge on any atom is 0.270 e. The fourth-order valence-corrected chi connectivity index (χ4v) is 3.98. The Morgan fingerprint density at radius 3 is 2.26 bits per heavy atom. The highest BCUT2D eigenvalue weighted by Crippen LogP contribution is 2.15. The van der Waals surface area contributed by atoms with Gasteiger partial charge in [0.05, 0.1) is 23.6 Å². The number of amides is 1. The van der Waals surface area contributed by atoms with Crippen LogP contribution in [0.3, 0.4) is 0 Å². The van der Waals surface area contributed by atoms with E-state index >= 15 is 0 Å². The van der Waals surface area contributed by atoms with Crippen molar-refractivity contribution < 1.29 is 9.59 Å². The van der Waals surface area contributed by atoms with Gasteiger partial charge in [0, 0.05) is 6.54 Å². The van der Waals surface area contributed by atoms with E-state index in [1.165, 1.54) is 11.6 Å². The van der Waals surface area contributed by atoms with Gasteiger partial charge in [0.2, 0.25) is 5.91 Å². The maximum atomic E-state index is 13.3. The molecule has 0 bridgehead atoms. The second kappa shape index (κ2) is 10.6. The molecular formula is C29H25N3O3. The van der Waals surface area contributed by atoms with Crippen molar-refractivity contribution in [2.45, 2.75) is 26.2 Å². The lowest BCUT2D eigenvalue weighted by molar-refractivity contribution is 0.0914. The molecule has 1 aromatic heterocycles. The molecule has 1 N–H and O–H groups in total. The van der Waals surface area contributed by atoms with Crippen LogP contribution in [0.2, 0.25) is 0 Å². The van der Waals surface area contributed by atoms with Crippen LogP contribution < -0.4 is 10.9 Å². The predicted molar refractivity (Wildman–Crippen MR) is 136 cm³/mol. The van der Waals surface area contributed by atoms with Crippen molar-refractivity contribution in [2.24, 2.45) is 0 Å². The van der Waals surface area contributed by atoms with Gasteiger partial charge in [-0.1, -0.05) is 61.5 Å². The van der Waals surface area contributed by atoms with Gasteiger partial charge < -0.3 is 5.32 Å². The first-order valence-corrected chi connectivity index (χ1v) is 11.5. The molecule has 1 heterocycles. The molecule has 174 valence electrons. The minimum atomic E-state index is -0.646. The zero-order valence-corrected chi connectivity index (χ0v) is 19.5. The van der Waals surface area contributed by atoms with Crippen LogP contribution in [0.25, 0.3) is 10.9 Å². The number of nitriles is 1. The number of nitrogens with one attached hydrogen (secondary N) is 1. The third kappa shape index (κ3) is 5.36. The van der Waals surface area contributed by atoms with Gasteiger partial charge in [0.15, 0.2) is 0 Å². The number of pyridine rings is 1. The Hall–Kier alpha value is -4.50. The number of hydrogen-bond donors (Lipinski definition) is 1. The van der Waals surface area contributed by atoms with Gasteiger partial charge in [-0.25, -0.2) is 4.57 Å². The summed E-state index contributed by atoms with van der Waals surface area (Å²) < 4.78 is 1.08. The van der Waals surface area contributed by atoms with E-state index in [1.54, 1.807) is 48.5 Å². The Labute approximate surface area is 203 Å². The Kier molecular flexibility index (Phi) is 7.18. The molecule has 35 heavy (non-hydrogen) atoms. The van der Waals surface area contributed by atoms with Crippen LogP contribution in [0.4, 0.5) is 0 Å². The molecule has 0 aliphatic heterocycles. The molecule has 0 saturated carbocycles. The van der Waals surface area contributed by atoms with Crippen molar-refractivity contribution >= 4 is 22.7 Å². The van der Waals surface area contributed by atoms with Crippen LogP contribution >= 0.6 is 0 Å². The Morgan fingerprint density at radius 2 is 1.57 bits per heavy atom. The van der Waals surface area contributed by atoms with Crippen LogP contribution in [0.1, 0.15) is 44.3 Å². The number of para-hydroxylation sites is 1.